The van der Waals surface area contributed by atoms with Crippen molar-refractivity contribution in [2.45, 2.75) is 6.04 Å². The summed E-state index contributed by atoms with van der Waals surface area (Å²) in [5.74, 6) is 0. The third-order valence-electron chi connectivity index (χ3n) is 5.40. The van der Waals surface area contributed by atoms with Crippen molar-refractivity contribution in [2.75, 3.05) is 0 Å². The molecule has 4 aromatic carbocycles. The summed E-state index contributed by atoms with van der Waals surface area (Å²) in [5, 5.41) is 9.96. The SMILES string of the molecule is N=Cc1cc(-c2cccc(C(N)c3ccccc3)c2)cc2c1oc1ccccc12. The second-order valence-corrected chi connectivity index (χ2v) is 7.20. The maximum absolute atomic E-state index is 7.88. The van der Waals surface area contributed by atoms with Crippen molar-refractivity contribution in [3.8, 4) is 11.1 Å². The van der Waals surface area contributed by atoms with E-state index in [0.29, 0.717) is 0 Å². The van der Waals surface area contributed by atoms with E-state index in [0.717, 1.165) is 49.8 Å². The Kier molecular flexibility index (Phi) is 4.23. The van der Waals surface area contributed by atoms with Gasteiger partial charge in [-0.05, 0) is 46.5 Å². The number of rotatable bonds is 4. The van der Waals surface area contributed by atoms with Crippen molar-refractivity contribution in [1.29, 1.82) is 5.41 Å². The highest BCUT2D eigenvalue weighted by atomic mass is 16.3. The molecule has 29 heavy (non-hydrogen) atoms. The monoisotopic (exact) mass is 376 g/mol. The van der Waals surface area contributed by atoms with Gasteiger partial charge in [-0.15, -0.1) is 0 Å². The van der Waals surface area contributed by atoms with Crippen LogP contribution in [-0.4, -0.2) is 6.21 Å². The number of furan rings is 1. The maximum Gasteiger partial charge on any atom is 0.144 e. The standard InChI is InChI=1S/C26H20N2O/c27-16-21-14-20(15-23-22-11-4-5-12-24(22)29-26(21)23)18-9-6-10-19(13-18)25(28)17-7-2-1-3-8-17/h1-16,25,27H,28H2. The first-order valence-electron chi connectivity index (χ1n) is 9.61. The first-order valence-corrected chi connectivity index (χ1v) is 9.61. The van der Waals surface area contributed by atoms with Gasteiger partial charge < -0.3 is 15.6 Å². The van der Waals surface area contributed by atoms with Gasteiger partial charge in [-0.25, -0.2) is 0 Å². The van der Waals surface area contributed by atoms with Crippen molar-refractivity contribution in [2.24, 2.45) is 5.73 Å². The van der Waals surface area contributed by atoms with Crippen LogP contribution in [0.15, 0.2) is 95.4 Å². The summed E-state index contributed by atoms with van der Waals surface area (Å²) in [7, 11) is 0. The van der Waals surface area contributed by atoms with Gasteiger partial charge in [0.05, 0.1) is 6.04 Å². The third-order valence-corrected chi connectivity index (χ3v) is 5.40. The molecular weight excluding hydrogens is 356 g/mol. The number of fused-ring (bicyclic) bond motifs is 3. The van der Waals surface area contributed by atoms with Crippen LogP contribution in [0.3, 0.4) is 0 Å². The Morgan fingerprint density at radius 1 is 0.724 bits per heavy atom. The zero-order chi connectivity index (χ0) is 19.8. The highest BCUT2D eigenvalue weighted by molar-refractivity contribution is 6.11. The van der Waals surface area contributed by atoms with Crippen LogP contribution in [0.25, 0.3) is 33.1 Å². The molecule has 0 saturated carbocycles. The molecule has 0 amide bonds. The van der Waals surface area contributed by atoms with E-state index >= 15 is 0 Å². The summed E-state index contributed by atoms with van der Waals surface area (Å²) >= 11 is 0. The number of para-hydroxylation sites is 1. The molecule has 1 heterocycles. The first-order chi connectivity index (χ1) is 14.2. The topological polar surface area (TPSA) is 63.0 Å². The van der Waals surface area contributed by atoms with Gasteiger partial charge in [-0.1, -0.05) is 66.7 Å². The predicted octanol–water partition coefficient (Wildman–Crippen LogP) is 6.30. The highest BCUT2D eigenvalue weighted by Gasteiger charge is 2.14. The van der Waals surface area contributed by atoms with Crippen molar-refractivity contribution >= 4 is 28.2 Å². The second-order valence-electron chi connectivity index (χ2n) is 7.20. The van der Waals surface area contributed by atoms with Gasteiger partial charge in [0.2, 0.25) is 0 Å². The minimum Gasteiger partial charge on any atom is -0.455 e. The van der Waals surface area contributed by atoms with E-state index in [1.807, 2.05) is 60.7 Å². The summed E-state index contributed by atoms with van der Waals surface area (Å²) < 4.78 is 6.01. The van der Waals surface area contributed by atoms with Gasteiger partial charge in [0, 0.05) is 22.6 Å². The number of hydrogen-bond acceptors (Lipinski definition) is 3. The molecule has 0 aliphatic rings. The van der Waals surface area contributed by atoms with Crippen molar-refractivity contribution in [1.82, 2.24) is 0 Å². The second kappa shape index (κ2) is 7.04. The van der Waals surface area contributed by atoms with E-state index in [2.05, 4.69) is 30.3 Å². The summed E-state index contributed by atoms with van der Waals surface area (Å²) in [4.78, 5) is 0. The molecule has 140 valence electrons. The van der Waals surface area contributed by atoms with Crippen LogP contribution in [0.1, 0.15) is 22.7 Å². The average Bonchev–Trinajstić information content (AvgIpc) is 3.17. The van der Waals surface area contributed by atoms with E-state index in [1.54, 1.807) is 0 Å². The van der Waals surface area contributed by atoms with E-state index < -0.39 is 0 Å². The number of benzene rings is 4. The molecular formula is C26H20N2O. The Labute approximate surface area is 168 Å². The molecule has 3 N–H and O–H groups in total. The van der Waals surface area contributed by atoms with Gasteiger partial charge in [0.15, 0.2) is 0 Å². The molecule has 0 fully saturated rings. The molecule has 3 heteroatoms. The lowest BCUT2D eigenvalue weighted by Gasteiger charge is -2.14. The van der Waals surface area contributed by atoms with Crippen LogP contribution in [0, 0.1) is 5.41 Å². The largest absolute Gasteiger partial charge is 0.455 e. The van der Waals surface area contributed by atoms with Crippen molar-refractivity contribution < 1.29 is 4.42 Å². The van der Waals surface area contributed by atoms with Crippen LogP contribution < -0.4 is 5.73 Å². The smallest absolute Gasteiger partial charge is 0.144 e. The van der Waals surface area contributed by atoms with Gasteiger partial charge >= 0.3 is 0 Å². The molecule has 0 spiro atoms. The molecule has 5 aromatic rings. The molecule has 0 bridgehead atoms. The van der Waals surface area contributed by atoms with Crippen molar-refractivity contribution in [3.05, 3.63) is 108 Å². The fourth-order valence-electron chi connectivity index (χ4n) is 3.89. The summed E-state index contributed by atoms with van der Waals surface area (Å²) in [6, 6.07) is 30.4. The maximum atomic E-state index is 7.88. The van der Waals surface area contributed by atoms with Gasteiger partial charge in [0.1, 0.15) is 11.2 Å². The highest BCUT2D eigenvalue weighted by Crippen LogP contribution is 2.35. The molecule has 0 aliphatic heterocycles. The lowest BCUT2D eigenvalue weighted by Crippen LogP contribution is -2.11. The fourth-order valence-corrected chi connectivity index (χ4v) is 3.89. The zero-order valence-corrected chi connectivity index (χ0v) is 15.8. The molecule has 0 aliphatic carbocycles. The quantitative estimate of drug-likeness (QED) is 0.362. The minimum atomic E-state index is -0.183. The van der Waals surface area contributed by atoms with E-state index in [4.69, 9.17) is 15.6 Å². The normalized spacial score (nSPS) is 12.3. The Balaban J connectivity index is 1.66. The number of nitrogens with two attached hydrogens (primary N) is 1. The summed E-state index contributed by atoms with van der Waals surface area (Å²) in [6.07, 6.45) is 1.35. The van der Waals surface area contributed by atoms with Crippen LogP contribution >= 0.6 is 0 Å². The summed E-state index contributed by atoms with van der Waals surface area (Å²) in [6.45, 7) is 0. The van der Waals surface area contributed by atoms with Gasteiger partial charge in [-0.2, -0.15) is 0 Å². The number of hydrogen-bond donors (Lipinski definition) is 2. The van der Waals surface area contributed by atoms with E-state index in [-0.39, 0.29) is 6.04 Å². The average molecular weight is 376 g/mol. The molecule has 3 nitrogen and oxygen atoms in total. The number of nitrogens with one attached hydrogen (secondary N) is 1. The van der Waals surface area contributed by atoms with Crippen LogP contribution in [0.5, 0.6) is 0 Å². The van der Waals surface area contributed by atoms with Gasteiger partial charge in [0.25, 0.3) is 0 Å². The lowest BCUT2D eigenvalue weighted by atomic mass is 9.94. The Bertz CT molecular complexity index is 1340. The third kappa shape index (κ3) is 3.02. The Morgan fingerprint density at radius 3 is 2.31 bits per heavy atom. The van der Waals surface area contributed by atoms with Crippen LogP contribution in [0.2, 0.25) is 0 Å². The molecule has 1 unspecified atom stereocenters. The Hall–Kier alpha value is -3.69. The van der Waals surface area contributed by atoms with Crippen molar-refractivity contribution in [3.63, 3.8) is 0 Å². The first kappa shape index (κ1) is 17.4. The van der Waals surface area contributed by atoms with Gasteiger partial charge in [-0.3, -0.25) is 0 Å². The van der Waals surface area contributed by atoms with E-state index in [9.17, 15) is 0 Å². The molecule has 1 atom stereocenters. The molecule has 0 radical (unpaired) electrons. The lowest BCUT2D eigenvalue weighted by molar-refractivity contribution is 0.668. The minimum absolute atomic E-state index is 0.183. The fraction of sp³-hybridized carbons (Fsp3) is 0.0385. The zero-order valence-electron chi connectivity index (χ0n) is 15.8. The van der Waals surface area contributed by atoms with Crippen LogP contribution in [-0.2, 0) is 0 Å². The molecule has 1 aromatic heterocycles. The Morgan fingerprint density at radius 2 is 1.48 bits per heavy atom. The van der Waals surface area contributed by atoms with E-state index in [1.165, 1.54) is 6.21 Å². The molecule has 0 saturated heterocycles. The predicted molar refractivity (Wildman–Crippen MR) is 120 cm³/mol. The molecule has 5 rings (SSSR count). The van der Waals surface area contributed by atoms with Crippen LogP contribution in [0.4, 0.5) is 0 Å². The summed E-state index contributed by atoms with van der Waals surface area (Å²) in [5.41, 5.74) is 13.1.